The Morgan fingerprint density at radius 1 is 1.56 bits per heavy atom. The number of anilines is 1. The quantitative estimate of drug-likeness (QED) is 0.726. The van der Waals surface area contributed by atoms with E-state index in [0.29, 0.717) is 10.7 Å². The second kappa shape index (κ2) is 5.67. The van der Waals surface area contributed by atoms with Crippen molar-refractivity contribution in [3.05, 3.63) is 28.8 Å². The summed E-state index contributed by atoms with van der Waals surface area (Å²) in [6, 6.07) is 4.90. The molecule has 0 heterocycles. The molecular formula is C10H12ClN3OS. The molecule has 0 saturated carbocycles. The van der Waals surface area contributed by atoms with Crippen LogP contribution < -0.4 is 16.4 Å². The first-order valence-electron chi connectivity index (χ1n) is 4.58. The van der Waals surface area contributed by atoms with Gasteiger partial charge in [-0.2, -0.15) is 0 Å². The normalized spacial score (nSPS) is 9.62. The van der Waals surface area contributed by atoms with Crippen molar-refractivity contribution in [2.75, 3.05) is 11.9 Å². The van der Waals surface area contributed by atoms with Crippen molar-refractivity contribution in [3.63, 3.8) is 0 Å². The number of hydrogen-bond acceptors (Lipinski definition) is 2. The highest BCUT2D eigenvalue weighted by Crippen LogP contribution is 2.19. The number of rotatable bonds is 3. The molecule has 0 saturated heterocycles. The van der Waals surface area contributed by atoms with Gasteiger partial charge in [0.15, 0.2) is 0 Å². The lowest BCUT2D eigenvalue weighted by molar-refractivity contribution is 0.253. The van der Waals surface area contributed by atoms with Gasteiger partial charge in [-0.15, -0.1) is 0 Å². The van der Waals surface area contributed by atoms with Crippen LogP contribution in [0.3, 0.4) is 0 Å². The van der Waals surface area contributed by atoms with Gasteiger partial charge in [-0.05, 0) is 24.6 Å². The van der Waals surface area contributed by atoms with Gasteiger partial charge in [0, 0.05) is 10.7 Å². The molecule has 2 amide bonds. The maximum Gasteiger partial charge on any atom is 0.319 e. The Kier molecular flexibility index (Phi) is 4.52. The third-order valence-electron chi connectivity index (χ3n) is 1.85. The van der Waals surface area contributed by atoms with Gasteiger partial charge in [0.05, 0.1) is 11.5 Å². The zero-order chi connectivity index (χ0) is 12.1. The van der Waals surface area contributed by atoms with E-state index in [9.17, 15) is 4.79 Å². The standard InChI is InChI=1S/C10H12ClN3OS/c1-6-2-3-7(4-8(6)11)14-10(15)13-5-9(12)16/h2-4H,5H2,1H3,(H2,12,16)(H2,13,14,15). The van der Waals surface area contributed by atoms with Crippen LogP contribution in [0.4, 0.5) is 10.5 Å². The summed E-state index contributed by atoms with van der Waals surface area (Å²) in [4.78, 5) is 11.6. The summed E-state index contributed by atoms with van der Waals surface area (Å²) >= 11 is 10.5. The summed E-state index contributed by atoms with van der Waals surface area (Å²) in [7, 11) is 0. The molecule has 86 valence electrons. The third kappa shape index (κ3) is 4.04. The highest BCUT2D eigenvalue weighted by molar-refractivity contribution is 7.80. The number of thiocarbonyl (C=S) groups is 1. The minimum Gasteiger partial charge on any atom is -0.392 e. The van der Waals surface area contributed by atoms with Crippen molar-refractivity contribution in [3.8, 4) is 0 Å². The molecule has 4 N–H and O–H groups in total. The van der Waals surface area contributed by atoms with E-state index >= 15 is 0 Å². The fourth-order valence-electron chi connectivity index (χ4n) is 1.01. The van der Waals surface area contributed by atoms with Crippen LogP contribution in [0.5, 0.6) is 0 Å². The van der Waals surface area contributed by atoms with E-state index in [1.165, 1.54) is 0 Å². The van der Waals surface area contributed by atoms with Crippen molar-refractivity contribution >= 4 is 40.5 Å². The lowest BCUT2D eigenvalue weighted by Gasteiger charge is -2.07. The lowest BCUT2D eigenvalue weighted by atomic mass is 10.2. The molecule has 0 radical (unpaired) electrons. The first-order valence-corrected chi connectivity index (χ1v) is 5.37. The fourth-order valence-corrected chi connectivity index (χ4v) is 1.27. The summed E-state index contributed by atoms with van der Waals surface area (Å²) in [5.74, 6) is 0. The number of carbonyl (C=O) groups is 1. The van der Waals surface area contributed by atoms with Crippen LogP contribution in [-0.4, -0.2) is 17.6 Å². The van der Waals surface area contributed by atoms with E-state index < -0.39 is 0 Å². The molecule has 0 atom stereocenters. The van der Waals surface area contributed by atoms with Gasteiger partial charge < -0.3 is 16.4 Å². The Hall–Kier alpha value is -1.33. The van der Waals surface area contributed by atoms with Crippen LogP contribution in [0, 0.1) is 6.92 Å². The highest BCUT2D eigenvalue weighted by Gasteiger charge is 2.03. The van der Waals surface area contributed by atoms with Crippen LogP contribution in [0.1, 0.15) is 5.56 Å². The molecule has 0 aromatic heterocycles. The van der Waals surface area contributed by atoms with Crippen molar-refractivity contribution < 1.29 is 4.79 Å². The number of nitrogens with one attached hydrogen (secondary N) is 2. The van der Waals surface area contributed by atoms with Crippen molar-refractivity contribution in [1.82, 2.24) is 5.32 Å². The van der Waals surface area contributed by atoms with Crippen LogP contribution in [0.25, 0.3) is 0 Å². The predicted molar refractivity (Wildman–Crippen MR) is 70.0 cm³/mol. The largest absolute Gasteiger partial charge is 0.392 e. The number of amides is 2. The molecule has 0 aliphatic heterocycles. The molecule has 0 aliphatic rings. The number of hydrogen-bond donors (Lipinski definition) is 3. The van der Waals surface area contributed by atoms with Crippen molar-refractivity contribution in [1.29, 1.82) is 0 Å². The second-order valence-electron chi connectivity index (χ2n) is 3.24. The first kappa shape index (κ1) is 12.7. The molecule has 4 nitrogen and oxygen atoms in total. The monoisotopic (exact) mass is 257 g/mol. The van der Waals surface area contributed by atoms with Crippen LogP contribution in [-0.2, 0) is 0 Å². The Labute approximate surface area is 104 Å². The maximum atomic E-state index is 11.3. The first-order chi connectivity index (χ1) is 7.49. The lowest BCUT2D eigenvalue weighted by Crippen LogP contribution is -2.35. The molecule has 1 aromatic rings. The SMILES string of the molecule is Cc1ccc(NC(=O)NCC(N)=S)cc1Cl. The molecule has 0 spiro atoms. The number of halogens is 1. The number of urea groups is 1. The third-order valence-corrected chi connectivity index (χ3v) is 2.40. The number of aryl methyl sites for hydroxylation is 1. The van der Waals surface area contributed by atoms with E-state index in [1.807, 2.05) is 13.0 Å². The van der Waals surface area contributed by atoms with Gasteiger partial charge in [0.2, 0.25) is 0 Å². The molecule has 0 bridgehead atoms. The zero-order valence-electron chi connectivity index (χ0n) is 8.71. The van der Waals surface area contributed by atoms with Gasteiger partial charge in [-0.25, -0.2) is 4.79 Å². The number of benzene rings is 1. The van der Waals surface area contributed by atoms with Crippen LogP contribution in [0.2, 0.25) is 5.02 Å². The molecule has 0 aliphatic carbocycles. The predicted octanol–water partition coefficient (Wildman–Crippen LogP) is 2.06. The van der Waals surface area contributed by atoms with Crippen LogP contribution in [0.15, 0.2) is 18.2 Å². The smallest absolute Gasteiger partial charge is 0.319 e. The van der Waals surface area contributed by atoms with E-state index in [4.69, 9.17) is 17.3 Å². The minimum absolute atomic E-state index is 0.167. The average Bonchev–Trinajstić information content (AvgIpc) is 2.21. The van der Waals surface area contributed by atoms with Gasteiger partial charge >= 0.3 is 6.03 Å². The topological polar surface area (TPSA) is 67.2 Å². The summed E-state index contributed by atoms with van der Waals surface area (Å²) in [5.41, 5.74) is 6.82. The van der Waals surface area contributed by atoms with Gasteiger partial charge in [-0.3, -0.25) is 0 Å². The Balaban J connectivity index is 2.56. The minimum atomic E-state index is -0.368. The Bertz CT molecular complexity index is 423. The van der Waals surface area contributed by atoms with E-state index in [0.717, 1.165) is 5.56 Å². The molecular weight excluding hydrogens is 246 g/mol. The maximum absolute atomic E-state index is 11.3. The van der Waals surface area contributed by atoms with Gasteiger partial charge in [-0.1, -0.05) is 29.9 Å². The van der Waals surface area contributed by atoms with Gasteiger partial charge in [0.1, 0.15) is 0 Å². The van der Waals surface area contributed by atoms with E-state index in [-0.39, 0.29) is 17.6 Å². The summed E-state index contributed by atoms with van der Waals surface area (Å²) in [5, 5.41) is 5.72. The summed E-state index contributed by atoms with van der Waals surface area (Å²) in [6.07, 6.45) is 0. The van der Waals surface area contributed by atoms with E-state index in [1.54, 1.807) is 12.1 Å². The van der Waals surface area contributed by atoms with E-state index in [2.05, 4.69) is 22.9 Å². The number of nitrogens with two attached hydrogens (primary N) is 1. The zero-order valence-corrected chi connectivity index (χ0v) is 10.3. The summed E-state index contributed by atoms with van der Waals surface area (Å²) < 4.78 is 0. The van der Waals surface area contributed by atoms with Gasteiger partial charge in [0.25, 0.3) is 0 Å². The molecule has 16 heavy (non-hydrogen) atoms. The van der Waals surface area contributed by atoms with Crippen molar-refractivity contribution in [2.24, 2.45) is 5.73 Å². The molecule has 1 rings (SSSR count). The van der Waals surface area contributed by atoms with Crippen molar-refractivity contribution in [2.45, 2.75) is 6.92 Å². The molecule has 0 fully saturated rings. The van der Waals surface area contributed by atoms with Crippen LogP contribution >= 0.6 is 23.8 Å². The Morgan fingerprint density at radius 2 is 2.25 bits per heavy atom. The highest BCUT2D eigenvalue weighted by atomic mass is 35.5. The number of carbonyl (C=O) groups excluding carboxylic acids is 1. The fraction of sp³-hybridized carbons (Fsp3) is 0.200. The summed E-state index contributed by atoms with van der Waals surface area (Å²) in [6.45, 7) is 2.06. The molecule has 1 aromatic carbocycles. The molecule has 0 unspecified atom stereocenters. The average molecular weight is 258 g/mol. The second-order valence-corrected chi connectivity index (χ2v) is 4.17. The Morgan fingerprint density at radius 3 is 2.81 bits per heavy atom. The molecule has 6 heteroatoms.